The Hall–Kier alpha value is -1.13. The minimum absolute atomic E-state index is 0.279. The number of benzene rings is 2. The van der Waals surface area contributed by atoms with Crippen molar-refractivity contribution in [1.29, 1.82) is 0 Å². The van der Waals surface area contributed by atoms with Crippen LogP contribution in [-0.4, -0.2) is 12.5 Å². The number of nitrogens with one attached hydrogen (secondary N) is 1. The molecule has 0 saturated carbocycles. The van der Waals surface area contributed by atoms with Crippen molar-refractivity contribution < 1.29 is 9.53 Å². The first-order chi connectivity index (χ1) is 11.4. The van der Waals surface area contributed by atoms with E-state index in [2.05, 4.69) is 12.2 Å². The summed E-state index contributed by atoms with van der Waals surface area (Å²) >= 11 is 24.3. The molecule has 1 N–H and O–H groups in total. The minimum atomic E-state index is -0.400. The van der Waals surface area contributed by atoms with Crippen molar-refractivity contribution in [3.63, 3.8) is 0 Å². The largest absolute Gasteiger partial charge is 0.490 e. The highest BCUT2D eigenvalue weighted by Crippen LogP contribution is 2.35. The van der Waals surface area contributed by atoms with Crippen molar-refractivity contribution in [2.45, 2.75) is 19.8 Å². The molecule has 7 heteroatoms. The number of hydrogen-bond acceptors (Lipinski definition) is 2. The molecule has 0 radical (unpaired) electrons. The van der Waals surface area contributed by atoms with E-state index in [0.29, 0.717) is 33.7 Å². The number of hydrogen-bond donors (Lipinski definition) is 1. The van der Waals surface area contributed by atoms with E-state index >= 15 is 0 Å². The van der Waals surface area contributed by atoms with Crippen LogP contribution in [0.1, 0.15) is 30.1 Å². The van der Waals surface area contributed by atoms with Crippen LogP contribution in [0.3, 0.4) is 0 Å². The zero-order chi connectivity index (χ0) is 17.7. The Kier molecular flexibility index (Phi) is 7.05. The number of anilines is 1. The summed E-state index contributed by atoms with van der Waals surface area (Å²) in [7, 11) is 0. The normalized spacial score (nSPS) is 10.5. The van der Waals surface area contributed by atoms with E-state index in [-0.39, 0.29) is 10.0 Å². The molecule has 0 spiro atoms. The number of halogens is 4. The van der Waals surface area contributed by atoms with Crippen molar-refractivity contribution in [1.82, 2.24) is 0 Å². The summed E-state index contributed by atoms with van der Waals surface area (Å²) < 4.78 is 5.56. The molecule has 128 valence electrons. The molecule has 24 heavy (non-hydrogen) atoms. The first kappa shape index (κ1) is 19.2. The Bertz CT molecular complexity index is 726. The predicted octanol–water partition coefficient (Wildman–Crippen LogP) is 6.73. The Morgan fingerprint density at radius 1 is 1.04 bits per heavy atom. The third-order valence-electron chi connectivity index (χ3n) is 3.18. The first-order valence-electron chi connectivity index (χ1n) is 7.30. The summed E-state index contributed by atoms with van der Waals surface area (Å²) in [5.74, 6) is -0.0211. The Morgan fingerprint density at radius 2 is 1.71 bits per heavy atom. The Morgan fingerprint density at radius 3 is 2.33 bits per heavy atom. The molecule has 0 saturated heterocycles. The van der Waals surface area contributed by atoms with Gasteiger partial charge in [-0.25, -0.2) is 0 Å². The molecule has 2 rings (SSSR count). The first-order valence-corrected chi connectivity index (χ1v) is 8.81. The minimum Gasteiger partial charge on any atom is -0.490 e. The molecule has 0 aliphatic rings. The standard InChI is InChI=1S/C17H15Cl4NO2/c1-2-3-6-24-16-13(20)7-10(8-14(16)21)17(23)22-15-9-11(18)4-5-12(15)19/h4-5,7-9H,2-3,6H2,1H3,(H,22,23). The van der Waals surface area contributed by atoms with Crippen molar-refractivity contribution in [2.24, 2.45) is 0 Å². The van der Waals surface area contributed by atoms with Crippen LogP contribution in [0.4, 0.5) is 5.69 Å². The predicted molar refractivity (Wildman–Crippen MR) is 101 cm³/mol. The van der Waals surface area contributed by atoms with Crippen molar-refractivity contribution in [3.05, 3.63) is 56.0 Å². The molecule has 0 aliphatic heterocycles. The topological polar surface area (TPSA) is 38.3 Å². The van der Waals surface area contributed by atoms with Gasteiger partial charge in [0.15, 0.2) is 5.75 Å². The molecule has 0 fully saturated rings. The molecule has 3 nitrogen and oxygen atoms in total. The molecule has 0 bridgehead atoms. The molecule has 0 heterocycles. The van der Waals surface area contributed by atoms with Gasteiger partial charge in [-0.2, -0.15) is 0 Å². The fourth-order valence-electron chi connectivity index (χ4n) is 1.94. The summed E-state index contributed by atoms with van der Waals surface area (Å²) in [6.07, 6.45) is 1.89. The monoisotopic (exact) mass is 405 g/mol. The fraction of sp³-hybridized carbons (Fsp3) is 0.235. The van der Waals surface area contributed by atoms with Crippen molar-refractivity contribution >= 4 is 58.0 Å². The number of ether oxygens (including phenoxy) is 1. The SMILES string of the molecule is CCCCOc1c(Cl)cc(C(=O)Nc2cc(Cl)ccc2Cl)cc1Cl. The lowest BCUT2D eigenvalue weighted by Gasteiger charge is -2.12. The summed E-state index contributed by atoms with van der Waals surface area (Å²) in [5, 5.41) is 4.08. The van der Waals surface area contributed by atoms with Crippen LogP contribution < -0.4 is 10.1 Å². The van der Waals surface area contributed by atoms with Gasteiger partial charge in [0, 0.05) is 10.6 Å². The maximum Gasteiger partial charge on any atom is 0.255 e. The number of unbranched alkanes of at least 4 members (excludes halogenated alkanes) is 1. The summed E-state index contributed by atoms with van der Waals surface area (Å²) in [6, 6.07) is 7.80. The van der Waals surface area contributed by atoms with Gasteiger partial charge < -0.3 is 10.1 Å². The zero-order valence-electron chi connectivity index (χ0n) is 12.8. The molecule has 0 atom stereocenters. The van der Waals surface area contributed by atoms with Crippen LogP contribution in [0.5, 0.6) is 5.75 Å². The fourth-order valence-corrected chi connectivity index (χ4v) is 2.87. The van der Waals surface area contributed by atoms with Gasteiger partial charge in [0.25, 0.3) is 5.91 Å². The van der Waals surface area contributed by atoms with Gasteiger partial charge in [-0.15, -0.1) is 0 Å². The maximum atomic E-state index is 12.4. The van der Waals surface area contributed by atoms with Gasteiger partial charge in [0.1, 0.15) is 0 Å². The van der Waals surface area contributed by atoms with Gasteiger partial charge in [0.2, 0.25) is 0 Å². The van der Waals surface area contributed by atoms with E-state index in [9.17, 15) is 4.79 Å². The number of rotatable bonds is 6. The van der Waals surface area contributed by atoms with E-state index in [1.165, 1.54) is 12.1 Å². The molecule has 1 amide bonds. The molecule has 2 aromatic carbocycles. The van der Waals surface area contributed by atoms with Crippen LogP contribution in [-0.2, 0) is 0 Å². The lowest BCUT2D eigenvalue weighted by molar-refractivity contribution is 0.102. The average molecular weight is 407 g/mol. The highest BCUT2D eigenvalue weighted by atomic mass is 35.5. The lowest BCUT2D eigenvalue weighted by atomic mass is 10.2. The second kappa shape index (κ2) is 8.82. The van der Waals surface area contributed by atoms with E-state index in [0.717, 1.165) is 12.8 Å². The highest BCUT2D eigenvalue weighted by Gasteiger charge is 2.15. The van der Waals surface area contributed by atoms with Crippen LogP contribution >= 0.6 is 46.4 Å². The maximum absolute atomic E-state index is 12.4. The second-order valence-electron chi connectivity index (χ2n) is 5.05. The van der Waals surface area contributed by atoms with Gasteiger partial charge in [-0.05, 0) is 36.8 Å². The summed E-state index contributed by atoms with van der Waals surface area (Å²) in [5.41, 5.74) is 0.702. The van der Waals surface area contributed by atoms with Gasteiger partial charge in [-0.3, -0.25) is 4.79 Å². The van der Waals surface area contributed by atoms with E-state index < -0.39 is 5.91 Å². The van der Waals surface area contributed by atoms with Crippen LogP contribution in [0, 0.1) is 0 Å². The Balaban J connectivity index is 2.19. The van der Waals surface area contributed by atoms with Crippen LogP contribution in [0.25, 0.3) is 0 Å². The lowest BCUT2D eigenvalue weighted by Crippen LogP contribution is -2.12. The van der Waals surface area contributed by atoms with Gasteiger partial charge in [0.05, 0.1) is 27.4 Å². The van der Waals surface area contributed by atoms with Gasteiger partial charge in [-0.1, -0.05) is 59.7 Å². The smallest absolute Gasteiger partial charge is 0.255 e. The highest BCUT2D eigenvalue weighted by molar-refractivity contribution is 6.38. The van der Waals surface area contributed by atoms with E-state index in [4.69, 9.17) is 51.1 Å². The van der Waals surface area contributed by atoms with Gasteiger partial charge >= 0.3 is 0 Å². The molecule has 2 aromatic rings. The van der Waals surface area contributed by atoms with E-state index in [1.807, 2.05) is 0 Å². The van der Waals surface area contributed by atoms with E-state index in [1.54, 1.807) is 18.2 Å². The van der Waals surface area contributed by atoms with Crippen molar-refractivity contribution in [3.8, 4) is 5.75 Å². The third-order valence-corrected chi connectivity index (χ3v) is 4.31. The summed E-state index contributed by atoms with van der Waals surface area (Å²) in [6.45, 7) is 2.57. The Labute approximate surface area is 160 Å². The van der Waals surface area contributed by atoms with Crippen molar-refractivity contribution in [2.75, 3.05) is 11.9 Å². The molecule has 0 unspecified atom stereocenters. The second-order valence-corrected chi connectivity index (χ2v) is 6.71. The summed E-state index contributed by atoms with van der Waals surface area (Å²) in [4.78, 5) is 12.4. The third kappa shape index (κ3) is 4.93. The number of carbonyl (C=O) groups excluding carboxylic acids is 1. The molecule has 0 aromatic heterocycles. The molecular weight excluding hydrogens is 392 g/mol. The average Bonchev–Trinajstić information content (AvgIpc) is 2.53. The van der Waals surface area contributed by atoms with Crippen LogP contribution in [0.2, 0.25) is 20.1 Å². The number of amides is 1. The zero-order valence-corrected chi connectivity index (χ0v) is 15.9. The van der Waals surface area contributed by atoms with Crippen LogP contribution in [0.15, 0.2) is 30.3 Å². The molecule has 0 aliphatic carbocycles. The number of carbonyl (C=O) groups is 1. The quantitative estimate of drug-likeness (QED) is 0.540. The molecular formula is C17H15Cl4NO2.